The summed E-state index contributed by atoms with van der Waals surface area (Å²) in [6.07, 6.45) is 1.08. The number of benzene rings is 3. The van der Waals surface area contributed by atoms with Crippen LogP contribution in [0.25, 0.3) is 0 Å². The standard InChI is InChI=1S/C24H23N3O4/c28-24(17-31-23-8-4-3-7-22(23)27(29)30)25-15-18-9-11-19(12-10-18)16-26-14-13-20-5-1-2-6-21(20)26/h1-12H,13-17H2,(H,25,28). The van der Waals surface area contributed by atoms with Crippen molar-refractivity contribution < 1.29 is 14.5 Å². The maximum atomic E-state index is 12.1. The normalized spacial score (nSPS) is 12.3. The fourth-order valence-corrected chi connectivity index (χ4v) is 3.68. The smallest absolute Gasteiger partial charge is 0.310 e. The van der Waals surface area contributed by atoms with Gasteiger partial charge in [0.25, 0.3) is 5.91 Å². The Hall–Kier alpha value is -3.87. The molecule has 1 N–H and O–H groups in total. The molecule has 1 aliphatic heterocycles. The molecule has 31 heavy (non-hydrogen) atoms. The number of nitrogens with one attached hydrogen (secondary N) is 1. The van der Waals surface area contributed by atoms with Crippen LogP contribution in [0.3, 0.4) is 0 Å². The number of para-hydroxylation sites is 3. The molecule has 7 heteroatoms. The molecule has 0 unspecified atom stereocenters. The van der Waals surface area contributed by atoms with Crippen molar-refractivity contribution in [1.82, 2.24) is 5.32 Å². The predicted molar refractivity (Wildman–Crippen MR) is 118 cm³/mol. The Morgan fingerprint density at radius 2 is 1.71 bits per heavy atom. The maximum absolute atomic E-state index is 12.1. The summed E-state index contributed by atoms with van der Waals surface area (Å²) in [6.45, 7) is 1.97. The van der Waals surface area contributed by atoms with Crippen molar-refractivity contribution in [2.24, 2.45) is 0 Å². The van der Waals surface area contributed by atoms with Gasteiger partial charge in [0.15, 0.2) is 12.4 Å². The molecule has 4 rings (SSSR count). The third kappa shape index (κ3) is 5.01. The molecule has 3 aromatic carbocycles. The van der Waals surface area contributed by atoms with Gasteiger partial charge in [-0.2, -0.15) is 0 Å². The van der Waals surface area contributed by atoms with E-state index in [9.17, 15) is 14.9 Å². The quantitative estimate of drug-likeness (QED) is 0.445. The van der Waals surface area contributed by atoms with E-state index < -0.39 is 4.92 Å². The van der Waals surface area contributed by atoms with Crippen molar-refractivity contribution in [3.05, 3.63) is 99.6 Å². The topological polar surface area (TPSA) is 84.7 Å². The molecule has 3 aromatic rings. The zero-order valence-electron chi connectivity index (χ0n) is 17.0. The summed E-state index contributed by atoms with van der Waals surface area (Å²) in [5.41, 5.74) is 4.73. The van der Waals surface area contributed by atoms with Gasteiger partial charge in [0.2, 0.25) is 0 Å². The third-order valence-corrected chi connectivity index (χ3v) is 5.29. The van der Waals surface area contributed by atoms with Crippen molar-refractivity contribution in [1.29, 1.82) is 0 Å². The molecule has 1 heterocycles. The van der Waals surface area contributed by atoms with E-state index in [1.807, 2.05) is 12.1 Å². The van der Waals surface area contributed by atoms with E-state index in [0.29, 0.717) is 6.54 Å². The van der Waals surface area contributed by atoms with Crippen LogP contribution in [0.2, 0.25) is 0 Å². The van der Waals surface area contributed by atoms with Gasteiger partial charge < -0.3 is 15.0 Å². The Labute approximate surface area is 180 Å². The Bertz CT molecular complexity index is 1080. The number of rotatable bonds is 8. The number of fused-ring (bicyclic) bond motifs is 1. The first-order valence-corrected chi connectivity index (χ1v) is 10.1. The number of nitro groups is 1. The molecule has 1 amide bonds. The zero-order valence-corrected chi connectivity index (χ0v) is 17.0. The monoisotopic (exact) mass is 417 g/mol. The fourth-order valence-electron chi connectivity index (χ4n) is 3.68. The SMILES string of the molecule is O=C(COc1ccccc1[N+](=O)[O-])NCc1ccc(CN2CCc3ccccc32)cc1. The minimum atomic E-state index is -0.532. The minimum absolute atomic E-state index is 0.0792. The van der Waals surface area contributed by atoms with Crippen LogP contribution in [0.1, 0.15) is 16.7 Å². The highest BCUT2D eigenvalue weighted by molar-refractivity contribution is 5.77. The summed E-state index contributed by atoms with van der Waals surface area (Å²) >= 11 is 0. The largest absolute Gasteiger partial charge is 0.477 e. The molecule has 0 aromatic heterocycles. The first-order chi connectivity index (χ1) is 15.1. The lowest BCUT2D eigenvalue weighted by molar-refractivity contribution is -0.385. The fraction of sp³-hybridized carbons (Fsp3) is 0.208. The van der Waals surface area contributed by atoms with Crippen LogP contribution in [-0.2, 0) is 24.3 Å². The van der Waals surface area contributed by atoms with Gasteiger partial charge in [-0.3, -0.25) is 14.9 Å². The molecule has 0 bridgehead atoms. The third-order valence-electron chi connectivity index (χ3n) is 5.29. The van der Waals surface area contributed by atoms with Gasteiger partial charge in [0, 0.05) is 31.4 Å². The second kappa shape index (κ2) is 9.30. The van der Waals surface area contributed by atoms with E-state index in [4.69, 9.17) is 4.74 Å². The highest BCUT2D eigenvalue weighted by Gasteiger charge is 2.18. The number of nitro benzene ring substituents is 1. The number of anilines is 1. The van der Waals surface area contributed by atoms with Gasteiger partial charge in [-0.15, -0.1) is 0 Å². The lowest BCUT2D eigenvalue weighted by atomic mass is 10.1. The lowest BCUT2D eigenvalue weighted by Gasteiger charge is -2.19. The molecular formula is C24H23N3O4. The summed E-state index contributed by atoms with van der Waals surface area (Å²) in [6, 6.07) is 22.6. The molecule has 1 aliphatic rings. The second-order valence-corrected chi connectivity index (χ2v) is 7.41. The van der Waals surface area contributed by atoms with Gasteiger partial charge in [-0.1, -0.05) is 54.6 Å². The molecule has 0 radical (unpaired) electrons. The number of carbonyl (C=O) groups excluding carboxylic acids is 1. The Morgan fingerprint density at radius 3 is 2.52 bits per heavy atom. The van der Waals surface area contributed by atoms with Crippen LogP contribution < -0.4 is 15.0 Å². The first-order valence-electron chi connectivity index (χ1n) is 10.1. The van der Waals surface area contributed by atoms with E-state index in [-0.39, 0.29) is 24.0 Å². The number of amides is 1. The van der Waals surface area contributed by atoms with Crippen LogP contribution in [0.5, 0.6) is 5.75 Å². The number of hydrogen-bond acceptors (Lipinski definition) is 5. The minimum Gasteiger partial charge on any atom is -0.477 e. The molecule has 7 nitrogen and oxygen atoms in total. The molecule has 0 spiro atoms. The Morgan fingerprint density at radius 1 is 1.00 bits per heavy atom. The molecule has 0 aliphatic carbocycles. The van der Waals surface area contributed by atoms with Gasteiger partial charge in [-0.05, 0) is 35.2 Å². The van der Waals surface area contributed by atoms with Gasteiger partial charge in [0.05, 0.1) is 4.92 Å². The van der Waals surface area contributed by atoms with E-state index in [2.05, 4.69) is 46.6 Å². The van der Waals surface area contributed by atoms with Crippen LogP contribution in [0, 0.1) is 10.1 Å². The zero-order chi connectivity index (χ0) is 21.6. The summed E-state index contributed by atoms with van der Waals surface area (Å²) < 4.78 is 5.31. The number of hydrogen-bond donors (Lipinski definition) is 1. The van der Waals surface area contributed by atoms with E-state index in [0.717, 1.165) is 25.1 Å². The Kier molecular flexibility index (Phi) is 6.12. The number of nitrogens with zero attached hydrogens (tertiary/aromatic N) is 2. The summed E-state index contributed by atoms with van der Waals surface area (Å²) in [5.74, 6) is -0.258. The van der Waals surface area contributed by atoms with Crippen molar-refractivity contribution in [3.63, 3.8) is 0 Å². The van der Waals surface area contributed by atoms with Gasteiger partial charge >= 0.3 is 5.69 Å². The highest BCUT2D eigenvalue weighted by Crippen LogP contribution is 2.29. The van der Waals surface area contributed by atoms with Crippen molar-refractivity contribution in [2.75, 3.05) is 18.1 Å². The summed E-state index contributed by atoms with van der Waals surface area (Å²) in [4.78, 5) is 24.9. The number of ether oxygens (including phenoxy) is 1. The molecule has 0 atom stereocenters. The second-order valence-electron chi connectivity index (χ2n) is 7.41. The molecule has 0 saturated heterocycles. The summed E-state index contributed by atoms with van der Waals surface area (Å²) in [7, 11) is 0. The van der Waals surface area contributed by atoms with Crippen LogP contribution >= 0.6 is 0 Å². The Balaban J connectivity index is 1.26. The van der Waals surface area contributed by atoms with E-state index >= 15 is 0 Å². The molecular weight excluding hydrogens is 394 g/mol. The van der Waals surface area contributed by atoms with E-state index in [1.165, 1.54) is 28.9 Å². The van der Waals surface area contributed by atoms with Crippen LogP contribution in [-0.4, -0.2) is 24.0 Å². The molecule has 0 fully saturated rings. The van der Waals surface area contributed by atoms with Crippen LogP contribution in [0.4, 0.5) is 11.4 Å². The van der Waals surface area contributed by atoms with E-state index in [1.54, 1.807) is 12.1 Å². The average molecular weight is 417 g/mol. The van der Waals surface area contributed by atoms with Crippen LogP contribution in [0.15, 0.2) is 72.8 Å². The highest BCUT2D eigenvalue weighted by atomic mass is 16.6. The van der Waals surface area contributed by atoms with Crippen molar-refractivity contribution in [3.8, 4) is 5.75 Å². The maximum Gasteiger partial charge on any atom is 0.310 e. The predicted octanol–water partition coefficient (Wildman–Crippen LogP) is 3.85. The molecule has 0 saturated carbocycles. The van der Waals surface area contributed by atoms with Crippen molar-refractivity contribution in [2.45, 2.75) is 19.5 Å². The lowest BCUT2D eigenvalue weighted by Crippen LogP contribution is -2.28. The average Bonchev–Trinajstić information content (AvgIpc) is 3.20. The van der Waals surface area contributed by atoms with Gasteiger partial charge in [-0.25, -0.2) is 0 Å². The number of carbonyl (C=O) groups is 1. The van der Waals surface area contributed by atoms with Gasteiger partial charge in [0.1, 0.15) is 0 Å². The van der Waals surface area contributed by atoms with Crippen molar-refractivity contribution >= 4 is 17.3 Å². The summed E-state index contributed by atoms with van der Waals surface area (Å²) in [5, 5.41) is 13.8. The molecule has 158 valence electrons. The first kappa shape index (κ1) is 20.4.